The molecule has 0 amide bonds. The molecule has 6 nitrogen and oxygen atoms in total. The van der Waals surface area contributed by atoms with E-state index < -0.39 is 0 Å². The summed E-state index contributed by atoms with van der Waals surface area (Å²) in [5.41, 5.74) is 6.04. The SMILES string of the molecule is CCOc1cccc(Oc2cc(C(N)=NO)ccn2)c1. The first kappa shape index (κ1) is 13.7. The van der Waals surface area contributed by atoms with Crippen LogP contribution in [-0.4, -0.2) is 22.6 Å². The third kappa shape index (κ3) is 3.38. The quantitative estimate of drug-likeness (QED) is 0.378. The summed E-state index contributed by atoms with van der Waals surface area (Å²) in [5, 5.41) is 11.6. The van der Waals surface area contributed by atoms with Gasteiger partial charge in [-0.2, -0.15) is 0 Å². The van der Waals surface area contributed by atoms with Gasteiger partial charge < -0.3 is 20.4 Å². The summed E-state index contributed by atoms with van der Waals surface area (Å²) < 4.78 is 11.0. The highest BCUT2D eigenvalue weighted by molar-refractivity contribution is 5.97. The number of benzene rings is 1. The van der Waals surface area contributed by atoms with Crippen LogP contribution in [0.1, 0.15) is 12.5 Å². The van der Waals surface area contributed by atoms with E-state index in [0.29, 0.717) is 23.8 Å². The van der Waals surface area contributed by atoms with Crippen molar-refractivity contribution in [3.05, 3.63) is 48.2 Å². The lowest BCUT2D eigenvalue weighted by Gasteiger charge is -2.08. The van der Waals surface area contributed by atoms with Crippen molar-refractivity contribution in [1.82, 2.24) is 4.98 Å². The Hall–Kier alpha value is -2.76. The predicted molar refractivity (Wildman–Crippen MR) is 74.4 cm³/mol. The summed E-state index contributed by atoms with van der Waals surface area (Å²) in [5.74, 6) is 1.67. The minimum absolute atomic E-state index is 0.000294. The number of nitrogens with zero attached hydrogens (tertiary/aromatic N) is 2. The molecular formula is C14H15N3O3. The first-order valence-corrected chi connectivity index (χ1v) is 6.07. The van der Waals surface area contributed by atoms with Crippen molar-refractivity contribution in [3.63, 3.8) is 0 Å². The molecule has 3 N–H and O–H groups in total. The molecule has 20 heavy (non-hydrogen) atoms. The molecule has 0 atom stereocenters. The Morgan fingerprint density at radius 2 is 2.10 bits per heavy atom. The molecule has 0 spiro atoms. The molecule has 0 radical (unpaired) electrons. The van der Waals surface area contributed by atoms with Crippen molar-refractivity contribution in [1.29, 1.82) is 0 Å². The van der Waals surface area contributed by atoms with Crippen LogP contribution < -0.4 is 15.2 Å². The maximum atomic E-state index is 8.65. The van der Waals surface area contributed by atoms with Crippen LogP contribution in [0.3, 0.4) is 0 Å². The van der Waals surface area contributed by atoms with Crippen molar-refractivity contribution in [2.75, 3.05) is 6.61 Å². The monoisotopic (exact) mass is 273 g/mol. The van der Waals surface area contributed by atoms with E-state index in [9.17, 15) is 0 Å². The van der Waals surface area contributed by atoms with Crippen LogP contribution in [0.15, 0.2) is 47.8 Å². The standard InChI is InChI=1S/C14H15N3O3/c1-2-19-11-4-3-5-12(9-11)20-13-8-10(6-7-16-13)14(15)17-18/h3-9,18H,2H2,1H3,(H2,15,17). The number of aromatic nitrogens is 1. The number of nitrogens with two attached hydrogens (primary N) is 1. The second-order valence-electron chi connectivity index (χ2n) is 3.88. The fourth-order valence-corrected chi connectivity index (χ4v) is 1.60. The highest BCUT2D eigenvalue weighted by Gasteiger charge is 2.04. The molecule has 0 aliphatic rings. The van der Waals surface area contributed by atoms with Crippen LogP contribution in [0.5, 0.6) is 17.4 Å². The Kier molecular flexibility index (Phi) is 4.39. The summed E-state index contributed by atoms with van der Waals surface area (Å²) >= 11 is 0. The zero-order chi connectivity index (χ0) is 14.4. The van der Waals surface area contributed by atoms with Crippen molar-refractivity contribution in [3.8, 4) is 17.4 Å². The number of oxime groups is 1. The molecule has 0 aliphatic heterocycles. The maximum absolute atomic E-state index is 8.65. The van der Waals surface area contributed by atoms with E-state index in [0.717, 1.165) is 5.75 Å². The van der Waals surface area contributed by atoms with Gasteiger partial charge in [-0.05, 0) is 25.1 Å². The van der Waals surface area contributed by atoms with E-state index in [-0.39, 0.29) is 5.84 Å². The third-order valence-electron chi connectivity index (χ3n) is 2.48. The van der Waals surface area contributed by atoms with Gasteiger partial charge >= 0.3 is 0 Å². The van der Waals surface area contributed by atoms with E-state index in [1.807, 2.05) is 19.1 Å². The summed E-state index contributed by atoms with van der Waals surface area (Å²) in [6, 6.07) is 10.4. The molecule has 0 saturated heterocycles. The predicted octanol–water partition coefficient (Wildman–Crippen LogP) is 2.37. The number of ether oxygens (including phenoxy) is 2. The lowest BCUT2D eigenvalue weighted by molar-refractivity contribution is 0.318. The first-order chi connectivity index (χ1) is 9.72. The zero-order valence-corrected chi connectivity index (χ0v) is 11.0. The van der Waals surface area contributed by atoms with Crippen LogP contribution >= 0.6 is 0 Å². The minimum Gasteiger partial charge on any atom is -0.494 e. The van der Waals surface area contributed by atoms with Gasteiger partial charge in [0, 0.05) is 23.9 Å². The normalized spacial score (nSPS) is 11.2. The summed E-state index contributed by atoms with van der Waals surface area (Å²) in [6.07, 6.45) is 1.52. The number of pyridine rings is 1. The van der Waals surface area contributed by atoms with Gasteiger partial charge in [0.05, 0.1) is 6.61 Å². The first-order valence-electron chi connectivity index (χ1n) is 6.07. The topological polar surface area (TPSA) is 90.0 Å². The lowest BCUT2D eigenvalue weighted by atomic mass is 10.2. The fourth-order valence-electron chi connectivity index (χ4n) is 1.60. The molecule has 6 heteroatoms. The minimum atomic E-state index is 0.000294. The van der Waals surface area contributed by atoms with E-state index in [2.05, 4.69) is 10.1 Å². The second kappa shape index (κ2) is 6.42. The summed E-state index contributed by atoms with van der Waals surface area (Å²) in [4.78, 5) is 4.07. The Balaban J connectivity index is 2.19. The highest BCUT2D eigenvalue weighted by atomic mass is 16.5. The molecule has 1 aromatic carbocycles. The highest BCUT2D eigenvalue weighted by Crippen LogP contribution is 2.24. The van der Waals surface area contributed by atoms with Crippen LogP contribution in [-0.2, 0) is 0 Å². The van der Waals surface area contributed by atoms with Crippen molar-refractivity contribution in [2.45, 2.75) is 6.92 Å². The molecule has 0 saturated carbocycles. The Labute approximate surface area is 116 Å². The number of hydrogen-bond donors (Lipinski definition) is 2. The zero-order valence-electron chi connectivity index (χ0n) is 11.0. The summed E-state index contributed by atoms with van der Waals surface area (Å²) in [7, 11) is 0. The van der Waals surface area contributed by atoms with Crippen molar-refractivity contribution in [2.24, 2.45) is 10.9 Å². The molecule has 104 valence electrons. The van der Waals surface area contributed by atoms with E-state index in [4.69, 9.17) is 20.4 Å². The average molecular weight is 273 g/mol. The van der Waals surface area contributed by atoms with Gasteiger partial charge in [0.25, 0.3) is 0 Å². The molecule has 2 aromatic rings. The molecule has 0 bridgehead atoms. The molecule has 0 unspecified atom stereocenters. The van der Waals surface area contributed by atoms with Crippen LogP contribution in [0.4, 0.5) is 0 Å². The number of hydrogen-bond acceptors (Lipinski definition) is 5. The molecule has 2 rings (SSSR count). The van der Waals surface area contributed by atoms with Gasteiger partial charge in [0.2, 0.25) is 5.88 Å². The van der Waals surface area contributed by atoms with E-state index >= 15 is 0 Å². The van der Waals surface area contributed by atoms with E-state index in [1.54, 1.807) is 24.3 Å². The molecule has 1 aromatic heterocycles. The number of amidine groups is 1. The summed E-state index contributed by atoms with van der Waals surface area (Å²) in [6.45, 7) is 2.50. The van der Waals surface area contributed by atoms with Gasteiger partial charge in [-0.1, -0.05) is 11.2 Å². The van der Waals surface area contributed by atoms with Crippen LogP contribution in [0.2, 0.25) is 0 Å². The average Bonchev–Trinajstić information content (AvgIpc) is 2.47. The van der Waals surface area contributed by atoms with Crippen LogP contribution in [0, 0.1) is 0 Å². The third-order valence-corrected chi connectivity index (χ3v) is 2.48. The van der Waals surface area contributed by atoms with Crippen LogP contribution in [0.25, 0.3) is 0 Å². The Bertz CT molecular complexity index is 614. The van der Waals surface area contributed by atoms with Crippen molar-refractivity contribution < 1.29 is 14.7 Å². The Morgan fingerprint density at radius 3 is 2.85 bits per heavy atom. The molecule has 1 heterocycles. The Morgan fingerprint density at radius 1 is 1.30 bits per heavy atom. The molecule has 0 fully saturated rings. The van der Waals surface area contributed by atoms with Gasteiger partial charge in [-0.3, -0.25) is 0 Å². The lowest BCUT2D eigenvalue weighted by Crippen LogP contribution is -2.13. The molecular weight excluding hydrogens is 258 g/mol. The molecule has 0 aliphatic carbocycles. The van der Waals surface area contributed by atoms with Gasteiger partial charge in [-0.15, -0.1) is 0 Å². The number of rotatable bonds is 5. The largest absolute Gasteiger partial charge is 0.494 e. The fraction of sp³-hybridized carbons (Fsp3) is 0.143. The van der Waals surface area contributed by atoms with Gasteiger partial charge in [0.1, 0.15) is 11.5 Å². The smallest absolute Gasteiger partial charge is 0.219 e. The van der Waals surface area contributed by atoms with Gasteiger partial charge in [0.15, 0.2) is 5.84 Å². The van der Waals surface area contributed by atoms with E-state index in [1.165, 1.54) is 6.20 Å². The van der Waals surface area contributed by atoms with Crippen molar-refractivity contribution >= 4 is 5.84 Å². The second-order valence-corrected chi connectivity index (χ2v) is 3.88. The maximum Gasteiger partial charge on any atom is 0.219 e. The van der Waals surface area contributed by atoms with Gasteiger partial charge in [-0.25, -0.2) is 4.98 Å².